The molecule has 4 nitrogen and oxygen atoms in total. The second-order valence-corrected chi connectivity index (χ2v) is 4.98. The van der Waals surface area contributed by atoms with Gasteiger partial charge in [-0.15, -0.1) is 0 Å². The van der Waals surface area contributed by atoms with E-state index in [1.54, 1.807) is 6.92 Å². The number of carbonyl (C=O) groups is 1. The van der Waals surface area contributed by atoms with E-state index in [-0.39, 0.29) is 0 Å². The molecule has 3 atom stereocenters. The van der Waals surface area contributed by atoms with Crippen molar-refractivity contribution in [3.63, 3.8) is 0 Å². The lowest BCUT2D eigenvalue weighted by atomic mass is 10.0. The number of carboxylic acids is 1. The van der Waals surface area contributed by atoms with Crippen LogP contribution in [-0.4, -0.2) is 40.6 Å². The number of nitrogens with zero attached hydrogens (tertiary/aromatic N) is 1. The normalized spacial score (nSPS) is 35.9. The number of hydrogen-bond donors (Lipinski definition) is 2. The number of carboxylic acid groups (broad SMARTS) is 1. The van der Waals surface area contributed by atoms with Gasteiger partial charge in [-0.25, -0.2) is 0 Å². The van der Waals surface area contributed by atoms with Crippen LogP contribution in [0.15, 0.2) is 0 Å². The molecular formula is C10H18N2O2. The molecular weight excluding hydrogens is 180 g/mol. The first-order chi connectivity index (χ1) is 6.49. The summed E-state index contributed by atoms with van der Waals surface area (Å²) in [6, 6.07) is 0.599. The predicted octanol–water partition coefficient (Wildman–Crippen LogP) is 0.273. The van der Waals surface area contributed by atoms with E-state index in [0.29, 0.717) is 12.6 Å². The largest absolute Gasteiger partial charge is 0.480 e. The van der Waals surface area contributed by atoms with E-state index in [1.807, 2.05) is 0 Å². The molecule has 2 bridgehead atoms. The SMILES string of the molecule is CC(N)(CN1CC2CCC1C2)C(=O)O. The van der Waals surface area contributed by atoms with Crippen molar-refractivity contribution in [1.29, 1.82) is 0 Å². The molecule has 80 valence electrons. The number of aliphatic carboxylic acids is 1. The van der Waals surface area contributed by atoms with Gasteiger partial charge in [0.2, 0.25) is 0 Å². The Bertz CT molecular complexity index is 253. The Kier molecular flexibility index (Phi) is 2.27. The lowest BCUT2D eigenvalue weighted by Crippen LogP contribution is -2.55. The van der Waals surface area contributed by atoms with Crippen molar-refractivity contribution in [1.82, 2.24) is 4.90 Å². The zero-order valence-electron chi connectivity index (χ0n) is 8.57. The van der Waals surface area contributed by atoms with Crippen LogP contribution in [0, 0.1) is 5.92 Å². The maximum atomic E-state index is 10.9. The molecule has 2 rings (SSSR count). The highest BCUT2D eigenvalue weighted by Crippen LogP contribution is 2.37. The van der Waals surface area contributed by atoms with Gasteiger partial charge in [0.25, 0.3) is 0 Å². The molecule has 4 heteroatoms. The fraction of sp³-hybridized carbons (Fsp3) is 0.900. The Morgan fingerprint density at radius 2 is 2.36 bits per heavy atom. The van der Waals surface area contributed by atoms with Gasteiger partial charge in [0.15, 0.2) is 0 Å². The van der Waals surface area contributed by atoms with E-state index in [1.165, 1.54) is 19.3 Å². The molecule has 1 aliphatic carbocycles. The van der Waals surface area contributed by atoms with E-state index in [0.717, 1.165) is 12.5 Å². The molecule has 3 unspecified atom stereocenters. The Labute approximate surface area is 84.1 Å². The van der Waals surface area contributed by atoms with Crippen molar-refractivity contribution in [2.75, 3.05) is 13.1 Å². The predicted molar refractivity (Wildman–Crippen MR) is 52.9 cm³/mol. The number of likely N-dealkylation sites (tertiary alicyclic amines) is 1. The van der Waals surface area contributed by atoms with Crippen LogP contribution >= 0.6 is 0 Å². The summed E-state index contributed by atoms with van der Waals surface area (Å²) in [4.78, 5) is 13.1. The molecule has 14 heavy (non-hydrogen) atoms. The van der Waals surface area contributed by atoms with Crippen molar-refractivity contribution >= 4 is 5.97 Å². The van der Waals surface area contributed by atoms with Crippen LogP contribution in [0.3, 0.4) is 0 Å². The van der Waals surface area contributed by atoms with Crippen LogP contribution in [0.1, 0.15) is 26.2 Å². The molecule has 3 N–H and O–H groups in total. The minimum atomic E-state index is -1.09. The number of fused-ring (bicyclic) bond motifs is 2. The number of rotatable bonds is 3. The van der Waals surface area contributed by atoms with Crippen LogP contribution < -0.4 is 5.73 Å². The van der Waals surface area contributed by atoms with Crippen molar-refractivity contribution in [3.8, 4) is 0 Å². The second kappa shape index (κ2) is 3.21. The summed E-state index contributed by atoms with van der Waals surface area (Å²) < 4.78 is 0. The molecule has 0 radical (unpaired) electrons. The minimum absolute atomic E-state index is 0.490. The third-order valence-electron chi connectivity index (χ3n) is 3.54. The summed E-state index contributed by atoms with van der Waals surface area (Å²) in [6.07, 6.45) is 3.78. The van der Waals surface area contributed by atoms with Crippen LogP contribution in [0.4, 0.5) is 0 Å². The summed E-state index contributed by atoms with van der Waals surface area (Å²) >= 11 is 0. The molecule has 0 aromatic heterocycles. The zero-order chi connectivity index (χ0) is 10.3. The highest BCUT2D eigenvalue weighted by molar-refractivity contribution is 5.78. The van der Waals surface area contributed by atoms with Gasteiger partial charge in [0, 0.05) is 19.1 Å². The van der Waals surface area contributed by atoms with Gasteiger partial charge in [0.05, 0.1) is 0 Å². The maximum absolute atomic E-state index is 10.9. The van der Waals surface area contributed by atoms with Gasteiger partial charge >= 0.3 is 5.97 Å². The van der Waals surface area contributed by atoms with Crippen LogP contribution in [0.25, 0.3) is 0 Å². The van der Waals surface area contributed by atoms with Crippen LogP contribution in [-0.2, 0) is 4.79 Å². The Morgan fingerprint density at radius 3 is 2.79 bits per heavy atom. The molecule has 2 fully saturated rings. The maximum Gasteiger partial charge on any atom is 0.324 e. The summed E-state index contributed by atoms with van der Waals surface area (Å²) in [7, 11) is 0. The van der Waals surface area contributed by atoms with E-state index >= 15 is 0 Å². The number of nitrogens with two attached hydrogens (primary N) is 1. The number of piperidine rings is 1. The number of hydrogen-bond acceptors (Lipinski definition) is 3. The van der Waals surface area contributed by atoms with E-state index < -0.39 is 11.5 Å². The monoisotopic (exact) mass is 198 g/mol. The molecule has 0 aromatic rings. The summed E-state index contributed by atoms with van der Waals surface area (Å²) in [5, 5.41) is 8.92. The summed E-state index contributed by atoms with van der Waals surface area (Å²) in [5.74, 6) is -0.107. The van der Waals surface area contributed by atoms with Gasteiger partial charge in [-0.05, 0) is 32.1 Å². The third-order valence-corrected chi connectivity index (χ3v) is 3.54. The first kappa shape index (κ1) is 9.93. The summed E-state index contributed by atoms with van der Waals surface area (Å²) in [6.45, 7) is 3.13. The van der Waals surface area contributed by atoms with Crippen molar-refractivity contribution in [2.45, 2.75) is 37.8 Å². The van der Waals surface area contributed by atoms with Crippen LogP contribution in [0.5, 0.6) is 0 Å². The fourth-order valence-electron chi connectivity index (χ4n) is 2.71. The smallest absolute Gasteiger partial charge is 0.324 e. The van der Waals surface area contributed by atoms with Gasteiger partial charge in [-0.1, -0.05) is 0 Å². The molecule has 2 aliphatic rings. The molecule has 1 heterocycles. The molecule has 1 saturated carbocycles. The Hall–Kier alpha value is -0.610. The standard InChI is InChI=1S/C10H18N2O2/c1-10(11,9(13)14)6-12-5-7-2-3-8(12)4-7/h7-8H,2-6,11H2,1H3,(H,13,14). The molecule has 1 aliphatic heterocycles. The quantitative estimate of drug-likeness (QED) is 0.683. The van der Waals surface area contributed by atoms with Gasteiger partial charge in [-0.2, -0.15) is 0 Å². The highest BCUT2D eigenvalue weighted by Gasteiger charge is 2.41. The molecule has 0 aromatic carbocycles. The van der Waals surface area contributed by atoms with Crippen LogP contribution in [0.2, 0.25) is 0 Å². The Balaban J connectivity index is 1.95. The van der Waals surface area contributed by atoms with Crippen molar-refractivity contribution < 1.29 is 9.90 Å². The fourth-order valence-corrected chi connectivity index (χ4v) is 2.71. The zero-order valence-corrected chi connectivity index (χ0v) is 8.57. The van der Waals surface area contributed by atoms with Gasteiger partial charge in [-0.3, -0.25) is 9.69 Å². The van der Waals surface area contributed by atoms with E-state index in [9.17, 15) is 4.79 Å². The lowest BCUT2D eigenvalue weighted by molar-refractivity contribution is -0.143. The molecule has 0 spiro atoms. The van der Waals surface area contributed by atoms with Crippen molar-refractivity contribution in [2.24, 2.45) is 11.7 Å². The highest BCUT2D eigenvalue weighted by atomic mass is 16.4. The van der Waals surface area contributed by atoms with Crippen molar-refractivity contribution in [3.05, 3.63) is 0 Å². The first-order valence-corrected chi connectivity index (χ1v) is 5.25. The summed E-state index contributed by atoms with van der Waals surface area (Å²) in [5.41, 5.74) is 4.64. The molecule has 0 amide bonds. The van der Waals surface area contributed by atoms with E-state index in [4.69, 9.17) is 10.8 Å². The average molecular weight is 198 g/mol. The second-order valence-electron chi connectivity index (χ2n) is 4.98. The van der Waals surface area contributed by atoms with E-state index in [2.05, 4.69) is 4.90 Å². The Morgan fingerprint density at radius 1 is 1.64 bits per heavy atom. The lowest BCUT2D eigenvalue weighted by Gasteiger charge is -2.32. The minimum Gasteiger partial charge on any atom is -0.480 e. The first-order valence-electron chi connectivity index (χ1n) is 5.25. The topological polar surface area (TPSA) is 66.6 Å². The average Bonchev–Trinajstić information content (AvgIpc) is 2.63. The van der Waals surface area contributed by atoms with Gasteiger partial charge in [0.1, 0.15) is 5.54 Å². The third kappa shape index (κ3) is 1.64. The van der Waals surface area contributed by atoms with Gasteiger partial charge < -0.3 is 10.8 Å². The molecule has 1 saturated heterocycles.